The normalized spacial score (nSPS) is 17.7. The van der Waals surface area contributed by atoms with Crippen molar-refractivity contribution in [1.82, 2.24) is 0 Å². The van der Waals surface area contributed by atoms with Crippen LogP contribution in [0.1, 0.15) is 11.1 Å². The van der Waals surface area contributed by atoms with Crippen LogP contribution in [-0.4, -0.2) is 5.71 Å². The lowest BCUT2D eigenvalue weighted by molar-refractivity contribution is 0.680. The van der Waals surface area contributed by atoms with Gasteiger partial charge in [0.05, 0.1) is 5.71 Å². The maximum Gasteiger partial charge on any atom is 0.148 e. The highest BCUT2D eigenvalue weighted by atomic mass is 19.1. The molecule has 0 atom stereocenters. The van der Waals surface area contributed by atoms with Crippen molar-refractivity contribution in [2.45, 2.75) is 0 Å². The Bertz CT molecular complexity index is 562. The molecule has 1 nitrogen and oxygen atoms in total. The molecule has 0 aliphatic heterocycles. The van der Waals surface area contributed by atoms with E-state index in [2.05, 4.69) is 0 Å². The van der Waals surface area contributed by atoms with Crippen LogP contribution < -0.4 is 0 Å². The SMILES string of the molecule is N=C1C(F)=CC=C2C1=Cc1ccccc12. The van der Waals surface area contributed by atoms with Gasteiger partial charge in [-0.05, 0) is 28.9 Å². The molecule has 0 bridgehead atoms. The van der Waals surface area contributed by atoms with Crippen LogP contribution in [0.15, 0.2) is 47.8 Å². The molecule has 0 saturated heterocycles. The highest BCUT2D eigenvalue weighted by molar-refractivity contribution is 6.26. The van der Waals surface area contributed by atoms with E-state index in [0.29, 0.717) is 5.57 Å². The van der Waals surface area contributed by atoms with E-state index in [-0.39, 0.29) is 5.71 Å². The molecular formula is C13H8FN. The van der Waals surface area contributed by atoms with Crippen LogP contribution in [0.25, 0.3) is 11.6 Å². The highest BCUT2D eigenvalue weighted by Crippen LogP contribution is 2.39. The van der Waals surface area contributed by atoms with Crippen molar-refractivity contribution in [3.63, 3.8) is 0 Å². The summed E-state index contributed by atoms with van der Waals surface area (Å²) in [6.45, 7) is 0. The minimum absolute atomic E-state index is 0.0105. The number of benzene rings is 1. The maximum atomic E-state index is 13.2. The summed E-state index contributed by atoms with van der Waals surface area (Å²) in [4.78, 5) is 0. The van der Waals surface area contributed by atoms with E-state index in [0.717, 1.165) is 16.7 Å². The lowest BCUT2D eigenvalue weighted by Gasteiger charge is -2.10. The molecular weight excluding hydrogens is 189 g/mol. The van der Waals surface area contributed by atoms with Crippen LogP contribution in [0.4, 0.5) is 4.39 Å². The molecule has 0 radical (unpaired) electrons. The zero-order chi connectivity index (χ0) is 10.4. The van der Waals surface area contributed by atoms with Gasteiger partial charge in [0, 0.05) is 5.57 Å². The second kappa shape index (κ2) is 2.76. The Kier molecular flexibility index (Phi) is 1.54. The van der Waals surface area contributed by atoms with E-state index in [9.17, 15) is 4.39 Å². The Morgan fingerprint density at radius 1 is 1.00 bits per heavy atom. The molecule has 0 aromatic heterocycles. The van der Waals surface area contributed by atoms with Gasteiger partial charge in [0.25, 0.3) is 0 Å². The third-order valence-electron chi connectivity index (χ3n) is 2.75. The highest BCUT2D eigenvalue weighted by Gasteiger charge is 2.25. The first-order valence-corrected chi connectivity index (χ1v) is 4.75. The molecule has 2 aliphatic carbocycles. The van der Waals surface area contributed by atoms with Crippen LogP contribution in [-0.2, 0) is 0 Å². The summed E-state index contributed by atoms with van der Waals surface area (Å²) in [6, 6.07) is 7.87. The summed E-state index contributed by atoms with van der Waals surface area (Å²) < 4.78 is 13.2. The average molecular weight is 197 g/mol. The number of rotatable bonds is 0. The van der Waals surface area contributed by atoms with E-state index in [1.807, 2.05) is 30.3 Å². The summed E-state index contributed by atoms with van der Waals surface area (Å²) in [5, 5.41) is 7.65. The van der Waals surface area contributed by atoms with E-state index in [4.69, 9.17) is 5.41 Å². The monoisotopic (exact) mass is 197 g/mol. The molecule has 0 amide bonds. The minimum Gasteiger partial charge on any atom is -0.297 e. The summed E-state index contributed by atoms with van der Waals surface area (Å²) >= 11 is 0. The molecule has 0 fully saturated rings. The molecule has 0 saturated carbocycles. The standard InChI is InChI=1S/C13H8FN/c14-12-6-5-10-9-4-2-1-3-8(9)7-11(10)13(12)15/h1-7,15H. The van der Waals surface area contributed by atoms with Crippen molar-refractivity contribution < 1.29 is 4.39 Å². The summed E-state index contributed by atoms with van der Waals surface area (Å²) in [6.07, 6.45) is 4.97. The first kappa shape index (κ1) is 8.36. The lowest BCUT2D eigenvalue weighted by atomic mass is 9.95. The Morgan fingerprint density at radius 2 is 1.80 bits per heavy atom. The number of nitrogens with one attached hydrogen (secondary N) is 1. The average Bonchev–Trinajstić information content (AvgIpc) is 2.63. The quantitative estimate of drug-likeness (QED) is 0.659. The number of hydrogen-bond donors (Lipinski definition) is 1. The third kappa shape index (κ3) is 1.05. The molecule has 2 heteroatoms. The lowest BCUT2D eigenvalue weighted by Crippen LogP contribution is -2.04. The minimum atomic E-state index is -0.460. The van der Waals surface area contributed by atoms with E-state index in [1.54, 1.807) is 6.08 Å². The first-order chi connectivity index (χ1) is 7.27. The summed E-state index contributed by atoms with van der Waals surface area (Å²) in [7, 11) is 0. The molecule has 0 spiro atoms. The molecule has 1 N–H and O–H groups in total. The molecule has 1 aromatic carbocycles. The number of fused-ring (bicyclic) bond motifs is 3. The fourth-order valence-corrected chi connectivity index (χ4v) is 2.00. The smallest absolute Gasteiger partial charge is 0.148 e. The van der Waals surface area contributed by atoms with Crippen molar-refractivity contribution in [1.29, 1.82) is 5.41 Å². The van der Waals surface area contributed by atoms with Gasteiger partial charge in [-0.15, -0.1) is 0 Å². The van der Waals surface area contributed by atoms with Crippen LogP contribution in [0.3, 0.4) is 0 Å². The van der Waals surface area contributed by atoms with Gasteiger partial charge in [-0.2, -0.15) is 0 Å². The van der Waals surface area contributed by atoms with Gasteiger partial charge in [0.1, 0.15) is 5.83 Å². The van der Waals surface area contributed by atoms with E-state index < -0.39 is 5.83 Å². The van der Waals surface area contributed by atoms with Crippen LogP contribution in [0.5, 0.6) is 0 Å². The van der Waals surface area contributed by atoms with Crippen molar-refractivity contribution in [3.05, 3.63) is 58.9 Å². The number of halogens is 1. The van der Waals surface area contributed by atoms with Gasteiger partial charge in [0.2, 0.25) is 0 Å². The fraction of sp³-hybridized carbons (Fsp3) is 0. The Morgan fingerprint density at radius 3 is 2.67 bits per heavy atom. The fourth-order valence-electron chi connectivity index (χ4n) is 2.00. The van der Waals surface area contributed by atoms with E-state index in [1.165, 1.54) is 6.08 Å². The zero-order valence-electron chi connectivity index (χ0n) is 7.92. The van der Waals surface area contributed by atoms with E-state index >= 15 is 0 Å². The van der Waals surface area contributed by atoms with Crippen LogP contribution in [0.2, 0.25) is 0 Å². The van der Waals surface area contributed by atoms with Crippen molar-refractivity contribution in [3.8, 4) is 0 Å². The number of hydrogen-bond acceptors (Lipinski definition) is 1. The van der Waals surface area contributed by atoms with Crippen molar-refractivity contribution >= 4 is 17.4 Å². The Labute approximate surface area is 86.8 Å². The topological polar surface area (TPSA) is 23.9 Å². The van der Waals surface area contributed by atoms with Crippen molar-refractivity contribution in [2.24, 2.45) is 0 Å². The second-order valence-corrected chi connectivity index (χ2v) is 3.62. The van der Waals surface area contributed by atoms with Crippen LogP contribution >= 0.6 is 0 Å². The first-order valence-electron chi connectivity index (χ1n) is 4.75. The second-order valence-electron chi connectivity index (χ2n) is 3.62. The Hall–Kier alpha value is -1.96. The van der Waals surface area contributed by atoms with Gasteiger partial charge < -0.3 is 0 Å². The van der Waals surface area contributed by atoms with Gasteiger partial charge in [-0.25, -0.2) is 4.39 Å². The molecule has 72 valence electrons. The predicted molar refractivity (Wildman–Crippen MR) is 59.3 cm³/mol. The largest absolute Gasteiger partial charge is 0.297 e. The van der Waals surface area contributed by atoms with Gasteiger partial charge >= 0.3 is 0 Å². The molecule has 0 unspecified atom stereocenters. The van der Waals surface area contributed by atoms with Gasteiger partial charge in [0.15, 0.2) is 0 Å². The molecule has 3 rings (SSSR count). The maximum absolute atomic E-state index is 13.2. The molecule has 1 aromatic rings. The van der Waals surface area contributed by atoms with Gasteiger partial charge in [-0.1, -0.05) is 30.3 Å². The molecule has 15 heavy (non-hydrogen) atoms. The van der Waals surface area contributed by atoms with Gasteiger partial charge in [-0.3, -0.25) is 5.41 Å². The van der Waals surface area contributed by atoms with Crippen LogP contribution in [0, 0.1) is 5.41 Å². The number of allylic oxidation sites excluding steroid dienone is 5. The zero-order valence-corrected chi connectivity index (χ0v) is 7.92. The predicted octanol–water partition coefficient (Wildman–Crippen LogP) is 3.35. The summed E-state index contributed by atoms with van der Waals surface area (Å²) in [5.74, 6) is -0.460. The third-order valence-corrected chi connectivity index (χ3v) is 2.75. The molecule has 2 aliphatic rings. The molecule has 0 heterocycles. The Balaban J connectivity index is 2.26. The summed E-state index contributed by atoms with van der Waals surface area (Å²) in [5.41, 5.74) is 3.78. The van der Waals surface area contributed by atoms with Crippen molar-refractivity contribution in [2.75, 3.05) is 0 Å².